The summed E-state index contributed by atoms with van der Waals surface area (Å²) in [6, 6.07) is 13.9. The standard InChI is InChI=1S/C30H30F2N8O/c1-39-6-8-40(9-7-39)24-4-2-19(3-5-24)29(41)38-28(34)26-13-20(10-18-11-22(31)14-23(32)12-18)25(15-27(26)33)21-16-36-30(35)37-17-21/h2-5,11-17H,6-10,33H2,1H3,(H2,34,38,41)(H2,35,36,37)/p+1. The van der Waals surface area contributed by atoms with E-state index in [0.717, 1.165) is 37.9 Å². The van der Waals surface area contributed by atoms with Gasteiger partial charge in [0.2, 0.25) is 0 Å². The zero-order valence-corrected chi connectivity index (χ0v) is 22.6. The number of nitrogens with zero attached hydrogens (tertiary/aromatic N) is 4. The number of aromatic nitrogens is 2. The first kappa shape index (κ1) is 27.7. The van der Waals surface area contributed by atoms with Crippen LogP contribution in [-0.4, -0.2) is 54.9 Å². The van der Waals surface area contributed by atoms with Crippen molar-refractivity contribution in [3.63, 3.8) is 0 Å². The molecule has 1 aliphatic heterocycles. The molecule has 1 saturated heterocycles. The molecule has 3 aromatic carbocycles. The van der Waals surface area contributed by atoms with Gasteiger partial charge in [0, 0.05) is 60.3 Å². The smallest absolute Gasteiger partial charge is 0.386 e. The maximum Gasteiger partial charge on any atom is 0.386 e. The van der Waals surface area contributed by atoms with E-state index in [0.29, 0.717) is 33.4 Å². The summed E-state index contributed by atoms with van der Waals surface area (Å²) in [5.74, 6) is -1.74. The number of hydrogen-bond donors (Lipinski definition) is 3. The Morgan fingerprint density at radius 1 is 1.00 bits per heavy atom. The van der Waals surface area contributed by atoms with E-state index in [1.165, 1.54) is 12.1 Å². The summed E-state index contributed by atoms with van der Waals surface area (Å²) in [6.07, 6.45) is 3.36. The Balaban J connectivity index is 1.45. The molecule has 2 heterocycles. The highest BCUT2D eigenvalue weighted by Gasteiger charge is 2.18. The van der Waals surface area contributed by atoms with E-state index < -0.39 is 17.5 Å². The Morgan fingerprint density at radius 3 is 2.32 bits per heavy atom. The summed E-state index contributed by atoms with van der Waals surface area (Å²) in [6.45, 7) is 3.79. The summed E-state index contributed by atoms with van der Waals surface area (Å²) >= 11 is 0. The first-order chi connectivity index (χ1) is 19.7. The molecule has 0 atom stereocenters. The molecule has 0 saturated carbocycles. The number of aromatic amines is 1. The lowest BCUT2D eigenvalue weighted by Gasteiger charge is -2.34. The molecule has 9 nitrogen and oxygen atoms in total. The summed E-state index contributed by atoms with van der Waals surface area (Å²) in [5.41, 5.74) is 22.7. The summed E-state index contributed by atoms with van der Waals surface area (Å²) < 4.78 is 27.9. The number of amidine groups is 1. The first-order valence-corrected chi connectivity index (χ1v) is 13.1. The Hall–Kier alpha value is -4.90. The first-order valence-electron chi connectivity index (χ1n) is 13.1. The summed E-state index contributed by atoms with van der Waals surface area (Å²) in [7, 11) is 2.10. The van der Waals surface area contributed by atoms with Crippen LogP contribution in [0, 0.1) is 11.6 Å². The number of likely N-dealkylation sites (N-methyl/N-ethyl adjacent to an activating group) is 1. The van der Waals surface area contributed by atoms with Crippen molar-refractivity contribution in [1.29, 1.82) is 0 Å². The minimum atomic E-state index is -0.690. The van der Waals surface area contributed by atoms with Gasteiger partial charge in [0.1, 0.15) is 23.7 Å². The molecule has 5 rings (SSSR count). The van der Waals surface area contributed by atoms with Gasteiger partial charge in [0.15, 0.2) is 0 Å². The van der Waals surface area contributed by atoms with Crippen molar-refractivity contribution in [3.8, 4) is 11.1 Å². The highest BCUT2D eigenvalue weighted by Crippen LogP contribution is 2.30. The number of benzene rings is 3. The van der Waals surface area contributed by atoms with Crippen molar-refractivity contribution in [3.05, 3.63) is 101 Å². The quantitative estimate of drug-likeness (QED) is 0.188. The van der Waals surface area contributed by atoms with Crippen LogP contribution in [0.1, 0.15) is 27.0 Å². The average Bonchev–Trinajstić information content (AvgIpc) is 2.94. The zero-order valence-electron chi connectivity index (χ0n) is 22.6. The van der Waals surface area contributed by atoms with E-state index in [1.807, 2.05) is 12.1 Å². The fourth-order valence-corrected chi connectivity index (χ4v) is 4.86. The number of nitrogen functional groups attached to an aromatic ring is 2. The third-order valence-electron chi connectivity index (χ3n) is 7.10. The van der Waals surface area contributed by atoms with Gasteiger partial charge in [-0.15, -0.1) is 0 Å². The van der Waals surface area contributed by atoms with E-state index in [2.05, 4.69) is 31.8 Å². The van der Waals surface area contributed by atoms with E-state index in [-0.39, 0.29) is 23.9 Å². The highest BCUT2D eigenvalue weighted by atomic mass is 19.1. The lowest BCUT2D eigenvalue weighted by molar-refractivity contribution is -0.363. The number of carbonyl (C=O) groups excluding carboxylic acids is 1. The van der Waals surface area contributed by atoms with E-state index in [9.17, 15) is 13.6 Å². The van der Waals surface area contributed by atoms with Gasteiger partial charge in [-0.3, -0.25) is 10.5 Å². The molecule has 41 heavy (non-hydrogen) atoms. The Bertz CT molecular complexity index is 1580. The molecule has 1 amide bonds. The summed E-state index contributed by atoms with van der Waals surface area (Å²) in [4.78, 5) is 28.6. The largest absolute Gasteiger partial charge is 0.398 e. The van der Waals surface area contributed by atoms with Gasteiger partial charge in [-0.2, -0.15) is 4.99 Å². The lowest BCUT2D eigenvalue weighted by Crippen LogP contribution is -2.44. The molecule has 1 fully saturated rings. The molecule has 4 aromatic rings. The third kappa shape index (κ3) is 6.47. The van der Waals surface area contributed by atoms with Crippen molar-refractivity contribution in [2.45, 2.75) is 6.42 Å². The molecule has 1 aromatic heterocycles. The SMILES string of the molecule is CN1CCN(c2ccc(C(=O)N=C(N)c3cc(Cc4cc(F)cc(F)c4)c(-c4cnc(N)[nH+]c4)cc3N)cc2)CC1. The maximum atomic E-state index is 14.0. The molecule has 0 radical (unpaired) electrons. The monoisotopic (exact) mass is 557 g/mol. The Labute approximate surface area is 236 Å². The molecule has 0 spiro atoms. The van der Waals surface area contributed by atoms with Crippen LogP contribution in [0.25, 0.3) is 11.1 Å². The number of rotatable bonds is 6. The average molecular weight is 558 g/mol. The van der Waals surface area contributed by atoms with Crippen molar-refractivity contribution in [2.75, 3.05) is 49.6 Å². The molecule has 210 valence electrons. The number of piperazine rings is 1. The topological polar surface area (TPSA) is 141 Å². The fourth-order valence-electron chi connectivity index (χ4n) is 4.86. The van der Waals surface area contributed by atoms with E-state index in [4.69, 9.17) is 17.2 Å². The minimum absolute atomic E-state index is 0.0733. The second-order valence-corrected chi connectivity index (χ2v) is 10.1. The zero-order chi connectivity index (χ0) is 29.1. The number of carbonyl (C=O) groups is 1. The highest BCUT2D eigenvalue weighted by molar-refractivity contribution is 6.11. The molecule has 0 aliphatic carbocycles. The van der Waals surface area contributed by atoms with Crippen LogP contribution in [-0.2, 0) is 6.42 Å². The lowest BCUT2D eigenvalue weighted by atomic mass is 9.93. The second kappa shape index (κ2) is 11.7. The van der Waals surface area contributed by atoms with Crippen LogP contribution in [0.4, 0.5) is 26.1 Å². The molecule has 0 unspecified atom stereocenters. The van der Waals surface area contributed by atoms with Crippen LogP contribution in [0.15, 0.2) is 72.0 Å². The van der Waals surface area contributed by atoms with Gasteiger partial charge in [-0.1, -0.05) is 4.98 Å². The molecule has 7 N–H and O–H groups in total. The fraction of sp³-hybridized carbons (Fsp3) is 0.200. The molecular weight excluding hydrogens is 526 g/mol. The van der Waals surface area contributed by atoms with Gasteiger partial charge in [-0.05, 0) is 78.7 Å². The molecule has 1 aliphatic rings. The van der Waals surface area contributed by atoms with Gasteiger partial charge in [0.25, 0.3) is 5.91 Å². The summed E-state index contributed by atoms with van der Waals surface area (Å²) in [5, 5.41) is 0. The third-order valence-corrected chi connectivity index (χ3v) is 7.10. The van der Waals surface area contributed by atoms with Crippen molar-refractivity contribution < 1.29 is 18.6 Å². The molecule has 0 bridgehead atoms. The van der Waals surface area contributed by atoms with Gasteiger partial charge in [-0.25, -0.2) is 13.8 Å². The maximum absolute atomic E-state index is 14.0. The number of amides is 1. The van der Waals surface area contributed by atoms with Crippen LogP contribution < -0.4 is 27.1 Å². The number of nitrogens with one attached hydrogen (secondary N) is 1. The van der Waals surface area contributed by atoms with Gasteiger partial charge in [0.05, 0.1) is 6.20 Å². The number of anilines is 3. The van der Waals surface area contributed by atoms with Crippen LogP contribution in [0.3, 0.4) is 0 Å². The van der Waals surface area contributed by atoms with Crippen molar-refractivity contribution in [2.24, 2.45) is 10.7 Å². The normalized spacial score (nSPS) is 14.3. The Kier molecular flexibility index (Phi) is 7.88. The van der Waals surface area contributed by atoms with Crippen molar-refractivity contribution >= 4 is 29.1 Å². The van der Waals surface area contributed by atoms with Gasteiger partial charge < -0.3 is 21.3 Å². The van der Waals surface area contributed by atoms with Crippen LogP contribution in [0.2, 0.25) is 0 Å². The second-order valence-electron chi connectivity index (χ2n) is 10.1. The molecular formula is C30H31F2N8O+. The van der Waals surface area contributed by atoms with E-state index in [1.54, 1.807) is 36.7 Å². The predicted molar refractivity (Wildman–Crippen MR) is 155 cm³/mol. The number of halogens is 2. The van der Waals surface area contributed by atoms with Gasteiger partial charge >= 0.3 is 5.95 Å². The predicted octanol–water partition coefficient (Wildman–Crippen LogP) is 2.89. The van der Waals surface area contributed by atoms with Crippen LogP contribution >= 0.6 is 0 Å². The number of aliphatic imine (C=N–C) groups is 1. The van der Waals surface area contributed by atoms with Crippen LogP contribution in [0.5, 0.6) is 0 Å². The Morgan fingerprint density at radius 2 is 1.68 bits per heavy atom. The number of H-pyrrole nitrogens is 1. The minimum Gasteiger partial charge on any atom is -0.398 e. The number of nitrogens with two attached hydrogens (primary N) is 3. The van der Waals surface area contributed by atoms with E-state index >= 15 is 0 Å². The number of hydrogen-bond acceptors (Lipinski definition) is 6. The molecule has 11 heteroatoms. The van der Waals surface area contributed by atoms with Crippen molar-refractivity contribution in [1.82, 2.24) is 9.88 Å².